The number of anilines is 3. The molecule has 2 heterocycles. The van der Waals surface area contributed by atoms with Crippen LogP contribution < -0.4 is 4.90 Å². The first kappa shape index (κ1) is 31.6. The van der Waals surface area contributed by atoms with Crippen molar-refractivity contribution < 1.29 is 0 Å². The van der Waals surface area contributed by atoms with Crippen molar-refractivity contribution in [1.82, 2.24) is 0 Å². The van der Waals surface area contributed by atoms with Crippen molar-refractivity contribution in [1.29, 1.82) is 0 Å². The maximum absolute atomic E-state index is 2.56. The summed E-state index contributed by atoms with van der Waals surface area (Å²) in [5.74, 6) is 0. The Morgan fingerprint density at radius 1 is 0.382 bits per heavy atom. The highest BCUT2D eigenvalue weighted by molar-refractivity contribution is 7.30. The molecule has 0 fully saturated rings. The van der Waals surface area contributed by atoms with E-state index in [9.17, 15) is 0 Å². The lowest BCUT2D eigenvalue weighted by atomic mass is 9.82. The number of rotatable bonds is 3. The summed E-state index contributed by atoms with van der Waals surface area (Å²) in [5.41, 5.74) is 14.3. The first-order chi connectivity index (χ1) is 26.8. The van der Waals surface area contributed by atoms with Crippen molar-refractivity contribution in [3.05, 3.63) is 174 Å². The van der Waals surface area contributed by atoms with Crippen LogP contribution in [0, 0.1) is 0 Å². The van der Waals surface area contributed by atoms with E-state index in [2.05, 4.69) is 184 Å². The van der Waals surface area contributed by atoms with E-state index in [-0.39, 0.29) is 10.8 Å². The van der Waals surface area contributed by atoms with Gasteiger partial charge in [-0.15, -0.1) is 22.7 Å². The molecule has 0 atom stereocenters. The number of nitrogens with zero attached hydrogens (tertiary/aromatic N) is 1. The second-order valence-electron chi connectivity index (χ2n) is 16.4. The minimum absolute atomic E-state index is 0.108. The van der Waals surface area contributed by atoms with Crippen LogP contribution in [0.25, 0.3) is 73.4 Å². The summed E-state index contributed by atoms with van der Waals surface area (Å²) in [6, 6.07) is 57.3. The van der Waals surface area contributed by atoms with Gasteiger partial charge in [-0.05, 0) is 86.3 Å². The predicted molar refractivity (Wildman–Crippen MR) is 240 cm³/mol. The van der Waals surface area contributed by atoms with Crippen molar-refractivity contribution in [3.63, 3.8) is 0 Å². The SMILES string of the molecule is CC1(C)c2ccccc2-c2ccc(N(c3ccc4c(c3)C(C)(C)c3ccccc3-4)c3cccc4c3sc3c4c4ccccc4c4sc5ccccc5c43)cc21. The van der Waals surface area contributed by atoms with Gasteiger partial charge in [-0.3, -0.25) is 0 Å². The molecule has 12 rings (SSSR count). The molecular formula is C52H37NS2. The number of fused-ring (bicyclic) bond motifs is 16. The highest BCUT2D eigenvalue weighted by atomic mass is 32.1. The van der Waals surface area contributed by atoms with E-state index < -0.39 is 0 Å². The summed E-state index contributed by atoms with van der Waals surface area (Å²) < 4.78 is 5.43. The molecule has 8 aromatic carbocycles. The Morgan fingerprint density at radius 2 is 0.909 bits per heavy atom. The second-order valence-corrected chi connectivity index (χ2v) is 18.5. The zero-order chi connectivity index (χ0) is 36.8. The molecule has 10 aromatic rings. The summed E-state index contributed by atoms with van der Waals surface area (Å²) in [4.78, 5) is 2.56. The van der Waals surface area contributed by atoms with Crippen LogP contribution in [0.4, 0.5) is 17.1 Å². The van der Waals surface area contributed by atoms with Crippen LogP contribution >= 0.6 is 22.7 Å². The fourth-order valence-electron chi connectivity index (χ4n) is 10.2. The Kier molecular flexibility index (Phi) is 6.28. The lowest BCUT2D eigenvalue weighted by molar-refractivity contribution is 0.660. The monoisotopic (exact) mass is 739 g/mol. The minimum Gasteiger partial charge on any atom is -0.309 e. The lowest BCUT2D eigenvalue weighted by Gasteiger charge is -2.30. The molecule has 0 aliphatic heterocycles. The lowest BCUT2D eigenvalue weighted by Crippen LogP contribution is -2.18. The summed E-state index contributed by atoms with van der Waals surface area (Å²) in [6.07, 6.45) is 0. The van der Waals surface area contributed by atoms with Gasteiger partial charge in [-0.25, -0.2) is 0 Å². The van der Waals surface area contributed by atoms with Gasteiger partial charge in [0, 0.05) is 63.2 Å². The number of benzene rings is 8. The van der Waals surface area contributed by atoms with E-state index in [0.29, 0.717) is 0 Å². The van der Waals surface area contributed by atoms with Gasteiger partial charge in [0.2, 0.25) is 0 Å². The Morgan fingerprint density at radius 3 is 1.56 bits per heavy atom. The van der Waals surface area contributed by atoms with Crippen molar-refractivity contribution in [2.75, 3.05) is 4.90 Å². The van der Waals surface area contributed by atoms with Crippen LogP contribution in [0.2, 0.25) is 0 Å². The Labute approximate surface area is 328 Å². The number of hydrogen-bond acceptors (Lipinski definition) is 3. The third-order valence-corrected chi connectivity index (χ3v) is 15.3. The van der Waals surface area contributed by atoms with Gasteiger partial charge in [-0.2, -0.15) is 0 Å². The summed E-state index contributed by atoms with van der Waals surface area (Å²) in [6.45, 7) is 9.54. The molecule has 1 nitrogen and oxygen atoms in total. The molecule has 2 aromatic heterocycles. The van der Waals surface area contributed by atoms with Crippen LogP contribution in [0.1, 0.15) is 49.9 Å². The van der Waals surface area contributed by atoms with Crippen LogP contribution in [0.15, 0.2) is 152 Å². The first-order valence-corrected chi connectivity index (χ1v) is 20.9. The molecule has 55 heavy (non-hydrogen) atoms. The Balaban J connectivity index is 1.17. The molecule has 0 N–H and O–H groups in total. The molecule has 2 aliphatic rings. The summed E-state index contributed by atoms with van der Waals surface area (Å²) in [7, 11) is 0. The van der Waals surface area contributed by atoms with E-state index in [1.54, 1.807) is 0 Å². The average molecular weight is 740 g/mol. The Bertz CT molecular complexity index is 3170. The summed E-state index contributed by atoms with van der Waals surface area (Å²) in [5, 5.41) is 8.10. The topological polar surface area (TPSA) is 3.24 Å². The minimum atomic E-state index is -0.108. The quantitative estimate of drug-likeness (QED) is 0.174. The van der Waals surface area contributed by atoms with Gasteiger partial charge in [0.25, 0.3) is 0 Å². The van der Waals surface area contributed by atoms with E-state index >= 15 is 0 Å². The van der Waals surface area contributed by atoms with E-state index in [4.69, 9.17) is 0 Å². The zero-order valence-corrected chi connectivity index (χ0v) is 32.8. The third kappa shape index (κ3) is 4.12. The van der Waals surface area contributed by atoms with E-state index in [0.717, 1.165) is 0 Å². The fourth-order valence-corrected chi connectivity index (χ4v) is 12.9. The smallest absolute Gasteiger partial charge is 0.0640 e. The van der Waals surface area contributed by atoms with Gasteiger partial charge in [0.1, 0.15) is 0 Å². The maximum atomic E-state index is 2.56. The third-order valence-electron chi connectivity index (χ3n) is 12.8. The number of thiophene rings is 2. The van der Waals surface area contributed by atoms with Gasteiger partial charge in [0.15, 0.2) is 0 Å². The largest absolute Gasteiger partial charge is 0.309 e. The summed E-state index contributed by atoms with van der Waals surface area (Å²) >= 11 is 3.89. The van der Waals surface area contributed by atoms with Gasteiger partial charge < -0.3 is 4.90 Å². The molecule has 262 valence electrons. The van der Waals surface area contributed by atoms with Crippen LogP contribution in [0.3, 0.4) is 0 Å². The van der Waals surface area contributed by atoms with Gasteiger partial charge in [-0.1, -0.05) is 143 Å². The first-order valence-electron chi connectivity index (χ1n) is 19.3. The van der Waals surface area contributed by atoms with Crippen molar-refractivity contribution in [2.45, 2.75) is 38.5 Å². The van der Waals surface area contributed by atoms with E-state index in [1.807, 2.05) is 22.7 Å². The molecule has 0 spiro atoms. The zero-order valence-electron chi connectivity index (χ0n) is 31.2. The molecule has 2 aliphatic carbocycles. The molecule has 0 radical (unpaired) electrons. The highest BCUT2D eigenvalue weighted by Crippen LogP contribution is 2.56. The van der Waals surface area contributed by atoms with E-state index in [1.165, 1.54) is 113 Å². The average Bonchev–Trinajstić information content (AvgIpc) is 3.92. The normalized spacial score (nSPS) is 14.8. The molecule has 0 amide bonds. The maximum Gasteiger partial charge on any atom is 0.0640 e. The standard InChI is InChI=1S/C52H37NS2/c1-51(2)40-20-10-7-14-32(40)34-26-24-30(28-42(34)51)53(31-25-27-35-33-15-8-11-21-41(33)52(3,4)43(35)29-31)44-22-13-19-39-46-36-16-5-6-17-37(36)49-47(50(46)55-48(39)44)38-18-9-12-23-45(38)54-49/h5-29H,1-4H3. The predicted octanol–water partition coefficient (Wildman–Crippen LogP) is 15.7. The molecule has 0 unspecified atom stereocenters. The van der Waals surface area contributed by atoms with Crippen molar-refractivity contribution >= 4 is 90.9 Å². The van der Waals surface area contributed by atoms with Crippen LogP contribution in [-0.2, 0) is 10.8 Å². The van der Waals surface area contributed by atoms with Gasteiger partial charge >= 0.3 is 0 Å². The second kappa shape index (κ2) is 10.9. The Hall–Kier alpha value is -5.74. The van der Waals surface area contributed by atoms with Crippen LogP contribution in [0.5, 0.6) is 0 Å². The van der Waals surface area contributed by atoms with Crippen LogP contribution in [-0.4, -0.2) is 0 Å². The fraction of sp³-hybridized carbons (Fsp3) is 0.115. The molecular weight excluding hydrogens is 703 g/mol. The molecule has 0 bridgehead atoms. The molecule has 3 heteroatoms. The molecule has 0 saturated carbocycles. The molecule has 0 saturated heterocycles. The van der Waals surface area contributed by atoms with Crippen molar-refractivity contribution in [2.24, 2.45) is 0 Å². The highest BCUT2D eigenvalue weighted by Gasteiger charge is 2.38. The van der Waals surface area contributed by atoms with Crippen molar-refractivity contribution in [3.8, 4) is 22.3 Å². The number of hydrogen-bond donors (Lipinski definition) is 0. The van der Waals surface area contributed by atoms with Gasteiger partial charge in [0.05, 0.1) is 10.4 Å².